The number of benzene rings is 2. The van der Waals surface area contributed by atoms with Crippen molar-refractivity contribution in [2.24, 2.45) is 0 Å². The number of esters is 1. The van der Waals surface area contributed by atoms with Gasteiger partial charge in [0.15, 0.2) is 6.61 Å². The van der Waals surface area contributed by atoms with Crippen LogP contribution in [0.2, 0.25) is 0 Å². The normalized spacial score (nSPS) is 10.6. The van der Waals surface area contributed by atoms with Crippen molar-refractivity contribution in [1.82, 2.24) is 0 Å². The maximum absolute atomic E-state index is 12.8. The molecule has 27 heavy (non-hydrogen) atoms. The first-order valence-corrected chi connectivity index (χ1v) is 8.31. The van der Waals surface area contributed by atoms with E-state index in [0.29, 0.717) is 30.1 Å². The lowest BCUT2D eigenvalue weighted by molar-refractivity contribution is -0.146. The van der Waals surface area contributed by atoms with Crippen molar-refractivity contribution in [3.05, 3.63) is 70.8 Å². The average Bonchev–Trinajstić information content (AvgIpc) is 2.67. The molecule has 0 radical (unpaired) electrons. The zero-order valence-electron chi connectivity index (χ0n) is 14.4. The molecule has 0 saturated carbocycles. The van der Waals surface area contributed by atoms with Gasteiger partial charge in [0, 0.05) is 23.9 Å². The lowest BCUT2D eigenvalue weighted by Crippen LogP contribution is -2.16. The Balaban J connectivity index is 1.37. The summed E-state index contributed by atoms with van der Waals surface area (Å²) in [4.78, 5) is 22.9. The van der Waals surface area contributed by atoms with Crippen molar-refractivity contribution >= 4 is 16.9 Å². The smallest absolute Gasteiger partial charge is 0.344 e. The largest absolute Gasteiger partial charge is 0.493 e. The molecular formula is C20H17FO6. The van der Waals surface area contributed by atoms with E-state index in [1.807, 2.05) is 0 Å². The van der Waals surface area contributed by atoms with Crippen molar-refractivity contribution in [3.8, 4) is 11.5 Å². The summed E-state index contributed by atoms with van der Waals surface area (Å²) < 4.78 is 33.6. The molecule has 3 rings (SSSR count). The number of hydrogen-bond acceptors (Lipinski definition) is 6. The molecule has 0 amide bonds. The van der Waals surface area contributed by atoms with E-state index in [2.05, 4.69) is 0 Å². The van der Waals surface area contributed by atoms with Crippen LogP contribution in [0.4, 0.5) is 4.39 Å². The summed E-state index contributed by atoms with van der Waals surface area (Å²) >= 11 is 0. The Hall–Kier alpha value is -3.35. The minimum atomic E-state index is -0.522. The highest BCUT2D eigenvalue weighted by Gasteiger charge is 2.06. The molecule has 3 aromatic rings. The quantitative estimate of drug-likeness (QED) is 0.343. The third-order valence-electron chi connectivity index (χ3n) is 3.59. The minimum Gasteiger partial charge on any atom is -0.493 e. The number of fused-ring (bicyclic) bond motifs is 1. The molecule has 0 saturated heterocycles. The molecular weight excluding hydrogens is 355 g/mol. The molecule has 6 nitrogen and oxygen atoms in total. The number of carbonyl (C=O) groups is 1. The van der Waals surface area contributed by atoms with E-state index >= 15 is 0 Å². The molecule has 140 valence electrons. The highest BCUT2D eigenvalue weighted by atomic mass is 19.1. The predicted molar refractivity (Wildman–Crippen MR) is 95.5 cm³/mol. The number of rotatable bonds is 8. The summed E-state index contributed by atoms with van der Waals surface area (Å²) in [6.45, 7) is 0.251. The van der Waals surface area contributed by atoms with Crippen LogP contribution in [0.3, 0.4) is 0 Å². The number of ether oxygens (including phenoxy) is 3. The van der Waals surface area contributed by atoms with Gasteiger partial charge in [0.05, 0.1) is 13.2 Å². The third kappa shape index (κ3) is 5.57. The second kappa shape index (κ2) is 8.84. The minimum absolute atomic E-state index is 0.177. The van der Waals surface area contributed by atoms with Crippen molar-refractivity contribution in [1.29, 1.82) is 0 Å². The summed E-state index contributed by atoms with van der Waals surface area (Å²) in [6.07, 6.45) is 0.490. The molecule has 2 aromatic carbocycles. The van der Waals surface area contributed by atoms with Crippen LogP contribution < -0.4 is 15.1 Å². The summed E-state index contributed by atoms with van der Waals surface area (Å²) in [5.41, 5.74) is -0.0757. The molecule has 1 aromatic heterocycles. The van der Waals surface area contributed by atoms with Crippen molar-refractivity contribution in [2.75, 3.05) is 19.8 Å². The summed E-state index contributed by atoms with van der Waals surface area (Å²) in [5, 5.41) is 0.755. The van der Waals surface area contributed by atoms with Gasteiger partial charge in [0.1, 0.15) is 22.9 Å². The highest BCUT2D eigenvalue weighted by Crippen LogP contribution is 2.19. The third-order valence-corrected chi connectivity index (χ3v) is 3.59. The van der Waals surface area contributed by atoms with Gasteiger partial charge in [-0.05, 0) is 42.5 Å². The fourth-order valence-electron chi connectivity index (χ4n) is 2.28. The van der Waals surface area contributed by atoms with Gasteiger partial charge >= 0.3 is 11.6 Å². The Kier molecular flexibility index (Phi) is 6.04. The van der Waals surface area contributed by atoms with Crippen LogP contribution >= 0.6 is 0 Å². The molecule has 0 unspecified atom stereocenters. The molecule has 0 bridgehead atoms. The van der Waals surface area contributed by atoms with Crippen molar-refractivity contribution < 1.29 is 27.8 Å². The van der Waals surface area contributed by atoms with Crippen LogP contribution in [-0.2, 0) is 9.53 Å². The topological polar surface area (TPSA) is 75.0 Å². The molecule has 0 aliphatic heterocycles. The number of halogens is 1. The summed E-state index contributed by atoms with van der Waals surface area (Å²) in [5.74, 6) is 0.0960. The van der Waals surface area contributed by atoms with Crippen LogP contribution in [0.5, 0.6) is 11.5 Å². The summed E-state index contributed by atoms with van der Waals surface area (Å²) in [6, 6.07) is 13.6. The molecule has 1 heterocycles. The molecule has 0 aliphatic carbocycles. The van der Waals surface area contributed by atoms with E-state index in [9.17, 15) is 14.0 Å². The van der Waals surface area contributed by atoms with Gasteiger partial charge in [-0.25, -0.2) is 14.0 Å². The molecule has 0 atom stereocenters. The Bertz CT molecular complexity index is 964. The van der Waals surface area contributed by atoms with E-state index < -0.39 is 11.6 Å². The van der Waals surface area contributed by atoms with Crippen molar-refractivity contribution in [2.45, 2.75) is 6.42 Å². The van der Waals surface area contributed by atoms with Crippen LogP contribution in [-0.4, -0.2) is 25.8 Å². The van der Waals surface area contributed by atoms with Gasteiger partial charge in [-0.3, -0.25) is 0 Å². The predicted octanol–water partition coefficient (Wildman–Crippen LogP) is 3.32. The Morgan fingerprint density at radius 1 is 0.926 bits per heavy atom. The monoisotopic (exact) mass is 372 g/mol. The van der Waals surface area contributed by atoms with Crippen LogP contribution in [0.15, 0.2) is 63.8 Å². The second-order valence-corrected chi connectivity index (χ2v) is 5.62. The van der Waals surface area contributed by atoms with Crippen molar-refractivity contribution in [3.63, 3.8) is 0 Å². The van der Waals surface area contributed by atoms with Gasteiger partial charge < -0.3 is 18.6 Å². The van der Waals surface area contributed by atoms with E-state index in [1.165, 1.54) is 30.3 Å². The SMILES string of the molecule is O=C(COc1ccc2ccc(=O)oc2c1)OCCCOc1ccc(F)cc1. The standard InChI is InChI=1S/C20H17FO6/c21-15-4-7-16(8-5-15)24-10-1-11-25-20(23)13-26-17-6-2-14-3-9-19(22)27-18(14)12-17/h2-9,12H,1,10-11,13H2. The molecule has 7 heteroatoms. The van der Waals surface area contributed by atoms with E-state index in [-0.39, 0.29) is 19.0 Å². The lowest BCUT2D eigenvalue weighted by atomic mass is 10.2. The molecule has 0 spiro atoms. The van der Waals surface area contributed by atoms with Gasteiger partial charge in [0.2, 0.25) is 0 Å². The maximum Gasteiger partial charge on any atom is 0.344 e. The van der Waals surface area contributed by atoms with Crippen LogP contribution in [0.25, 0.3) is 11.0 Å². The fourth-order valence-corrected chi connectivity index (χ4v) is 2.28. The summed E-state index contributed by atoms with van der Waals surface area (Å²) in [7, 11) is 0. The zero-order chi connectivity index (χ0) is 19.1. The van der Waals surface area contributed by atoms with Crippen LogP contribution in [0, 0.1) is 5.82 Å². The van der Waals surface area contributed by atoms with E-state index in [1.54, 1.807) is 24.3 Å². The van der Waals surface area contributed by atoms with Crippen LogP contribution in [0.1, 0.15) is 6.42 Å². The second-order valence-electron chi connectivity index (χ2n) is 5.62. The first kappa shape index (κ1) is 18.4. The number of carbonyl (C=O) groups excluding carboxylic acids is 1. The highest BCUT2D eigenvalue weighted by molar-refractivity contribution is 5.78. The van der Waals surface area contributed by atoms with Gasteiger partial charge in [-0.2, -0.15) is 0 Å². The Morgan fingerprint density at radius 3 is 2.48 bits per heavy atom. The van der Waals surface area contributed by atoms with Gasteiger partial charge in [-0.1, -0.05) is 0 Å². The first-order valence-electron chi connectivity index (χ1n) is 8.31. The average molecular weight is 372 g/mol. The number of hydrogen-bond donors (Lipinski definition) is 0. The molecule has 0 N–H and O–H groups in total. The lowest BCUT2D eigenvalue weighted by Gasteiger charge is -2.08. The van der Waals surface area contributed by atoms with Gasteiger partial charge in [0.25, 0.3) is 0 Å². The fraction of sp³-hybridized carbons (Fsp3) is 0.200. The first-order chi connectivity index (χ1) is 13.1. The molecule has 0 fully saturated rings. The Morgan fingerprint density at radius 2 is 1.67 bits per heavy atom. The molecule has 0 aliphatic rings. The zero-order valence-corrected chi connectivity index (χ0v) is 14.4. The van der Waals surface area contributed by atoms with Gasteiger partial charge in [-0.15, -0.1) is 0 Å². The van der Waals surface area contributed by atoms with E-state index in [0.717, 1.165) is 5.39 Å². The maximum atomic E-state index is 12.8. The van der Waals surface area contributed by atoms with E-state index in [4.69, 9.17) is 18.6 Å². The Labute approximate surface area is 154 Å².